The lowest BCUT2D eigenvalue weighted by Crippen LogP contribution is -2.64. The molecule has 2 unspecified atom stereocenters. The molecule has 4 heteroatoms. The van der Waals surface area contributed by atoms with Gasteiger partial charge in [-0.3, -0.25) is 0 Å². The first kappa shape index (κ1) is 15.4. The molecule has 2 aliphatic carbocycles. The standard InChI is InChI=1S/C21H25NO3/c23-21-18(19(22-25-21)15-9-3-1-4-10-15)16-11-5-6-12-17(16)24-20(21)13-7-2-8-14-20/h5-6,9,11-12,18,23H,1-4,7-8,10,13-14H2. The molecule has 2 atom stereocenters. The third-order valence-electron chi connectivity index (χ3n) is 6.42. The Balaban J connectivity index is 1.65. The van der Waals surface area contributed by atoms with E-state index in [2.05, 4.69) is 11.2 Å². The fourth-order valence-corrected chi connectivity index (χ4v) is 5.11. The van der Waals surface area contributed by atoms with Gasteiger partial charge in [0.2, 0.25) is 0 Å². The zero-order valence-corrected chi connectivity index (χ0v) is 14.5. The Kier molecular flexibility index (Phi) is 3.46. The summed E-state index contributed by atoms with van der Waals surface area (Å²) in [6, 6.07) is 8.09. The van der Waals surface area contributed by atoms with Crippen molar-refractivity contribution in [2.75, 3.05) is 0 Å². The van der Waals surface area contributed by atoms with Gasteiger partial charge in [0.25, 0.3) is 5.79 Å². The van der Waals surface area contributed by atoms with Crippen LogP contribution in [0.3, 0.4) is 0 Å². The van der Waals surface area contributed by atoms with Crippen molar-refractivity contribution in [3.63, 3.8) is 0 Å². The van der Waals surface area contributed by atoms with E-state index in [1.807, 2.05) is 24.3 Å². The Hall–Kier alpha value is -1.81. The number of para-hydroxylation sites is 1. The molecule has 1 fully saturated rings. The molecule has 0 amide bonds. The average molecular weight is 339 g/mol. The molecule has 4 aliphatic rings. The maximum Gasteiger partial charge on any atom is 0.287 e. The first-order valence-electron chi connectivity index (χ1n) is 9.69. The molecule has 1 aromatic rings. The van der Waals surface area contributed by atoms with Gasteiger partial charge in [0.15, 0.2) is 5.60 Å². The minimum Gasteiger partial charge on any atom is -0.480 e. The third-order valence-corrected chi connectivity index (χ3v) is 6.42. The van der Waals surface area contributed by atoms with Crippen LogP contribution >= 0.6 is 0 Å². The van der Waals surface area contributed by atoms with E-state index in [0.29, 0.717) is 0 Å². The van der Waals surface area contributed by atoms with Crippen LogP contribution in [0.15, 0.2) is 41.1 Å². The van der Waals surface area contributed by atoms with Crippen LogP contribution in [-0.4, -0.2) is 22.2 Å². The molecule has 1 spiro atoms. The number of oxime groups is 1. The second-order valence-electron chi connectivity index (χ2n) is 7.87. The van der Waals surface area contributed by atoms with Crippen LogP contribution < -0.4 is 4.74 Å². The Bertz CT molecular complexity index is 747. The topological polar surface area (TPSA) is 51.0 Å². The summed E-state index contributed by atoms with van der Waals surface area (Å²) in [6.45, 7) is 0. The molecular weight excluding hydrogens is 314 g/mol. The van der Waals surface area contributed by atoms with Gasteiger partial charge in [-0.05, 0) is 63.0 Å². The molecule has 1 aromatic carbocycles. The minimum absolute atomic E-state index is 0.250. The largest absolute Gasteiger partial charge is 0.480 e. The molecule has 1 N–H and O–H groups in total. The number of hydrogen-bond donors (Lipinski definition) is 1. The second kappa shape index (κ2) is 5.60. The fourth-order valence-electron chi connectivity index (χ4n) is 5.11. The molecule has 0 bridgehead atoms. The highest BCUT2D eigenvalue weighted by atomic mass is 16.8. The van der Waals surface area contributed by atoms with E-state index in [1.54, 1.807) is 0 Å². The molecule has 1 saturated carbocycles. The summed E-state index contributed by atoms with van der Waals surface area (Å²) < 4.78 is 6.45. The van der Waals surface area contributed by atoms with Crippen LogP contribution in [-0.2, 0) is 4.84 Å². The molecule has 5 rings (SSSR count). The normalized spacial score (nSPS) is 32.8. The summed E-state index contributed by atoms with van der Waals surface area (Å²) in [5, 5.41) is 16.2. The maximum atomic E-state index is 11.7. The van der Waals surface area contributed by atoms with E-state index in [9.17, 15) is 5.11 Å². The maximum absolute atomic E-state index is 11.7. The van der Waals surface area contributed by atoms with Crippen molar-refractivity contribution >= 4 is 5.71 Å². The predicted octanol–water partition coefficient (Wildman–Crippen LogP) is 4.44. The number of aliphatic hydroxyl groups is 1. The van der Waals surface area contributed by atoms with E-state index in [-0.39, 0.29) is 5.92 Å². The zero-order chi connectivity index (χ0) is 16.9. The zero-order valence-electron chi connectivity index (χ0n) is 14.5. The second-order valence-corrected chi connectivity index (χ2v) is 7.87. The van der Waals surface area contributed by atoms with Crippen LogP contribution in [0.5, 0.6) is 5.75 Å². The molecule has 2 aliphatic heterocycles. The summed E-state index contributed by atoms with van der Waals surface area (Å²) in [4.78, 5) is 5.84. The van der Waals surface area contributed by atoms with Gasteiger partial charge in [0.1, 0.15) is 11.7 Å². The van der Waals surface area contributed by atoms with Gasteiger partial charge >= 0.3 is 0 Å². The Morgan fingerprint density at radius 3 is 2.68 bits per heavy atom. The highest BCUT2D eigenvalue weighted by Gasteiger charge is 2.67. The van der Waals surface area contributed by atoms with Crippen molar-refractivity contribution in [3.8, 4) is 5.75 Å². The number of nitrogens with zero attached hydrogens (tertiary/aromatic N) is 1. The highest BCUT2D eigenvalue weighted by Crippen LogP contribution is 2.57. The van der Waals surface area contributed by atoms with Crippen molar-refractivity contribution < 1.29 is 14.7 Å². The Morgan fingerprint density at radius 2 is 1.88 bits per heavy atom. The highest BCUT2D eigenvalue weighted by molar-refractivity contribution is 6.06. The predicted molar refractivity (Wildman–Crippen MR) is 95.6 cm³/mol. The van der Waals surface area contributed by atoms with E-state index in [0.717, 1.165) is 55.5 Å². The van der Waals surface area contributed by atoms with Crippen molar-refractivity contribution in [1.82, 2.24) is 0 Å². The fraction of sp³-hybridized carbons (Fsp3) is 0.571. The summed E-state index contributed by atoms with van der Waals surface area (Å²) >= 11 is 0. The van der Waals surface area contributed by atoms with E-state index in [4.69, 9.17) is 9.57 Å². The van der Waals surface area contributed by atoms with E-state index < -0.39 is 11.4 Å². The van der Waals surface area contributed by atoms with Gasteiger partial charge < -0.3 is 14.7 Å². The number of hydrogen-bond acceptors (Lipinski definition) is 4. The number of allylic oxidation sites excluding steroid dienone is 2. The minimum atomic E-state index is -1.39. The Labute approximate surface area is 148 Å². The number of fused-ring (bicyclic) bond motifs is 4. The van der Waals surface area contributed by atoms with Crippen LogP contribution in [0.25, 0.3) is 0 Å². The number of benzene rings is 1. The quantitative estimate of drug-likeness (QED) is 0.823. The van der Waals surface area contributed by atoms with Gasteiger partial charge in [-0.2, -0.15) is 0 Å². The number of rotatable bonds is 1. The van der Waals surface area contributed by atoms with Gasteiger partial charge in [-0.1, -0.05) is 35.9 Å². The molecule has 0 saturated heterocycles. The summed E-state index contributed by atoms with van der Waals surface area (Å²) in [5.41, 5.74) is 2.48. The first-order valence-corrected chi connectivity index (χ1v) is 9.69. The molecule has 25 heavy (non-hydrogen) atoms. The monoisotopic (exact) mass is 339 g/mol. The van der Waals surface area contributed by atoms with Crippen molar-refractivity contribution in [1.29, 1.82) is 0 Å². The van der Waals surface area contributed by atoms with Gasteiger partial charge in [0.05, 0.1) is 5.71 Å². The Morgan fingerprint density at radius 1 is 1.04 bits per heavy atom. The molecule has 132 valence electrons. The van der Waals surface area contributed by atoms with Crippen LogP contribution in [0.2, 0.25) is 0 Å². The van der Waals surface area contributed by atoms with Crippen molar-refractivity contribution in [3.05, 3.63) is 41.5 Å². The van der Waals surface area contributed by atoms with Gasteiger partial charge in [-0.25, -0.2) is 0 Å². The first-order chi connectivity index (χ1) is 12.2. The number of ether oxygens (including phenoxy) is 1. The molecule has 4 nitrogen and oxygen atoms in total. The molecule has 2 heterocycles. The van der Waals surface area contributed by atoms with Gasteiger partial charge in [-0.15, -0.1) is 0 Å². The van der Waals surface area contributed by atoms with Crippen molar-refractivity contribution in [2.45, 2.75) is 75.1 Å². The lowest BCUT2D eigenvalue weighted by atomic mass is 9.67. The molecule has 0 aromatic heterocycles. The van der Waals surface area contributed by atoms with Crippen LogP contribution in [0, 0.1) is 0 Å². The molecule has 0 radical (unpaired) electrons. The van der Waals surface area contributed by atoms with Crippen LogP contribution in [0.4, 0.5) is 0 Å². The lowest BCUT2D eigenvalue weighted by molar-refractivity contribution is -0.299. The smallest absolute Gasteiger partial charge is 0.287 e. The van der Waals surface area contributed by atoms with Crippen LogP contribution in [0.1, 0.15) is 69.3 Å². The van der Waals surface area contributed by atoms with E-state index >= 15 is 0 Å². The molecular formula is C21H25NO3. The lowest BCUT2D eigenvalue weighted by Gasteiger charge is -2.51. The summed E-state index contributed by atoms with van der Waals surface area (Å²) in [6.07, 6.45) is 11.7. The average Bonchev–Trinajstić information content (AvgIpc) is 3.03. The van der Waals surface area contributed by atoms with E-state index in [1.165, 1.54) is 24.8 Å². The van der Waals surface area contributed by atoms with Gasteiger partial charge in [0, 0.05) is 5.56 Å². The summed E-state index contributed by atoms with van der Waals surface area (Å²) in [5.74, 6) is -0.761. The third kappa shape index (κ3) is 2.13. The van der Waals surface area contributed by atoms with Crippen molar-refractivity contribution in [2.24, 2.45) is 5.16 Å². The SMILES string of the molecule is OC12ON=C(C3=CCCCC3)C1c1ccccc1OC21CCCCC1. The summed E-state index contributed by atoms with van der Waals surface area (Å²) in [7, 11) is 0.